The van der Waals surface area contributed by atoms with E-state index in [-0.39, 0.29) is 46.8 Å². The first-order valence-corrected chi connectivity index (χ1v) is 17.0. The van der Waals surface area contributed by atoms with Crippen molar-refractivity contribution in [3.05, 3.63) is 89.0 Å². The van der Waals surface area contributed by atoms with Crippen molar-refractivity contribution in [2.24, 2.45) is 11.3 Å². The normalized spacial score (nSPS) is 16.6. The minimum absolute atomic E-state index is 0.0808. The number of anilines is 1. The second-order valence-electron chi connectivity index (χ2n) is 13.6. The van der Waals surface area contributed by atoms with Crippen LogP contribution in [0.25, 0.3) is 11.3 Å². The van der Waals surface area contributed by atoms with Gasteiger partial charge in [-0.3, -0.25) is 4.79 Å². The number of benzene rings is 2. The molecule has 4 bridgehead atoms. The first-order valence-electron chi connectivity index (χ1n) is 15.5. The summed E-state index contributed by atoms with van der Waals surface area (Å²) >= 11 is 0. The topological polar surface area (TPSA) is 127 Å². The lowest BCUT2D eigenvalue weighted by Crippen LogP contribution is -2.45. The van der Waals surface area contributed by atoms with Gasteiger partial charge in [-0.15, -0.1) is 0 Å². The van der Waals surface area contributed by atoms with Crippen molar-refractivity contribution in [3.8, 4) is 17.1 Å². The maximum absolute atomic E-state index is 14.3. The van der Waals surface area contributed by atoms with Gasteiger partial charge in [0.25, 0.3) is 15.9 Å². The highest BCUT2D eigenvalue weighted by Crippen LogP contribution is 2.31. The number of sulfonamides is 1. The van der Waals surface area contributed by atoms with Crippen LogP contribution in [0.4, 0.5) is 5.95 Å². The van der Waals surface area contributed by atoms with E-state index in [2.05, 4.69) is 59.3 Å². The zero-order chi connectivity index (χ0) is 33.2. The van der Waals surface area contributed by atoms with Gasteiger partial charge in [0, 0.05) is 29.6 Å². The minimum Gasteiger partial charge on any atom is -0.475 e. The Kier molecular flexibility index (Phi) is 9.44. The van der Waals surface area contributed by atoms with Crippen LogP contribution in [0.1, 0.15) is 73.9 Å². The van der Waals surface area contributed by atoms with E-state index in [1.54, 1.807) is 35.5 Å². The Balaban J connectivity index is 1.64. The number of carbonyl (C=O) groups excluding carboxylic acids is 1. The Hall–Kier alpha value is -4.38. The first-order chi connectivity index (χ1) is 21.7. The van der Waals surface area contributed by atoms with Gasteiger partial charge in [-0.25, -0.2) is 28.1 Å². The third-order valence-electron chi connectivity index (χ3n) is 7.74. The Morgan fingerprint density at radius 3 is 2.33 bits per heavy atom. The van der Waals surface area contributed by atoms with E-state index in [0.29, 0.717) is 23.9 Å². The van der Waals surface area contributed by atoms with E-state index in [0.717, 1.165) is 28.7 Å². The number of carbonyl (C=O) groups is 1. The summed E-state index contributed by atoms with van der Waals surface area (Å²) < 4.78 is 36.1. The predicted octanol–water partition coefficient (Wildman–Crippen LogP) is 6.39. The van der Waals surface area contributed by atoms with E-state index in [4.69, 9.17) is 4.74 Å². The molecule has 1 amide bonds. The van der Waals surface area contributed by atoms with Crippen LogP contribution in [-0.2, 0) is 23.0 Å². The molecule has 10 nitrogen and oxygen atoms in total. The third-order valence-corrected chi connectivity index (χ3v) is 9.07. The monoisotopic (exact) mass is 642 g/mol. The summed E-state index contributed by atoms with van der Waals surface area (Å²) in [5, 5.41) is 0. The number of nitrogens with one attached hydrogen (secondary N) is 1. The number of hydrogen-bond acceptors (Lipinski definition) is 8. The molecule has 0 saturated heterocycles. The van der Waals surface area contributed by atoms with Gasteiger partial charge in [-0.1, -0.05) is 58.9 Å². The van der Waals surface area contributed by atoms with E-state index in [1.165, 1.54) is 12.1 Å². The Bertz CT molecular complexity index is 1810. The number of aromatic nitrogens is 4. The van der Waals surface area contributed by atoms with Crippen molar-refractivity contribution in [1.29, 1.82) is 0 Å². The molecule has 2 aromatic carbocycles. The number of amides is 1. The van der Waals surface area contributed by atoms with Crippen LogP contribution in [0.2, 0.25) is 0 Å². The molecule has 46 heavy (non-hydrogen) atoms. The average molecular weight is 643 g/mol. The van der Waals surface area contributed by atoms with Crippen LogP contribution in [0, 0.1) is 25.2 Å². The Morgan fingerprint density at radius 2 is 1.67 bits per heavy atom. The fourth-order valence-corrected chi connectivity index (χ4v) is 6.73. The highest BCUT2D eigenvalue weighted by atomic mass is 32.2. The lowest BCUT2D eigenvalue weighted by molar-refractivity contribution is 0.0505. The van der Waals surface area contributed by atoms with Crippen molar-refractivity contribution in [3.63, 3.8) is 0 Å². The van der Waals surface area contributed by atoms with Crippen molar-refractivity contribution < 1.29 is 17.9 Å². The van der Waals surface area contributed by atoms with Crippen molar-refractivity contribution >= 4 is 21.9 Å². The van der Waals surface area contributed by atoms with Gasteiger partial charge in [0.05, 0.1) is 23.2 Å². The summed E-state index contributed by atoms with van der Waals surface area (Å²) in [4.78, 5) is 34.2. The predicted molar refractivity (Wildman–Crippen MR) is 178 cm³/mol. The number of rotatable bonds is 6. The smallest absolute Gasteiger partial charge is 0.264 e. The van der Waals surface area contributed by atoms with Crippen LogP contribution in [0.3, 0.4) is 0 Å². The van der Waals surface area contributed by atoms with Crippen LogP contribution < -0.4 is 9.46 Å². The number of ether oxygens (including phenoxy) is 1. The largest absolute Gasteiger partial charge is 0.475 e. The third kappa shape index (κ3) is 7.88. The lowest BCUT2D eigenvalue weighted by atomic mass is 9.87. The number of nitrogens with zero attached hydrogens (tertiary/aromatic N) is 5. The molecule has 0 spiro atoms. The first kappa shape index (κ1) is 33.0. The summed E-state index contributed by atoms with van der Waals surface area (Å²) in [5.41, 5.74) is 4.40. The fraction of sp³-hybridized carbons (Fsp3) is 0.400. The summed E-state index contributed by atoms with van der Waals surface area (Å²) in [6.07, 6.45) is 5.05. The molecule has 5 rings (SSSR count). The summed E-state index contributed by atoms with van der Waals surface area (Å²) in [5.74, 6) is 0.662. The van der Waals surface area contributed by atoms with Gasteiger partial charge in [-0.05, 0) is 72.9 Å². The summed E-state index contributed by atoms with van der Waals surface area (Å²) in [7, 11) is -4.16. The van der Waals surface area contributed by atoms with Gasteiger partial charge in [0.2, 0.25) is 11.8 Å². The van der Waals surface area contributed by atoms with Crippen molar-refractivity contribution in [2.45, 2.75) is 78.8 Å². The number of fused-ring (bicyclic) bond motifs is 4. The molecule has 0 fully saturated rings. The Labute approximate surface area is 271 Å². The molecule has 0 unspecified atom stereocenters. The second kappa shape index (κ2) is 13.2. The quantitative estimate of drug-likeness (QED) is 0.256. The Morgan fingerprint density at radius 1 is 1.00 bits per heavy atom. The van der Waals surface area contributed by atoms with Crippen molar-refractivity contribution in [1.82, 2.24) is 24.8 Å². The maximum Gasteiger partial charge on any atom is 0.264 e. The fourth-order valence-electron chi connectivity index (χ4n) is 5.74. The van der Waals surface area contributed by atoms with Gasteiger partial charge in [0.15, 0.2) is 0 Å². The van der Waals surface area contributed by atoms with E-state index >= 15 is 0 Å². The van der Waals surface area contributed by atoms with Crippen LogP contribution in [0.15, 0.2) is 65.8 Å². The molecule has 0 saturated carbocycles. The lowest BCUT2D eigenvalue weighted by Gasteiger charge is -2.35. The molecular formula is C35H42N6O4S. The van der Waals surface area contributed by atoms with E-state index < -0.39 is 16.1 Å². The standard InChI is InChI=1S/C35H42N6O4S/c1-22(2)14-25-18-36-30(37-19-25)20-41-27(17-35(5,6)7)21-45-31-16-29(32-23(3)10-8-11-24(32)4)38-34(39-31)40-46(43,44)28-13-9-12-26(15-28)33(41)42/h8-13,15-16,18-19,22,27H,14,17,20-21H2,1-7H3,(H,38,39,40)/t27-/m1/s1. The zero-order valence-electron chi connectivity index (χ0n) is 27.5. The van der Waals surface area contributed by atoms with Gasteiger partial charge >= 0.3 is 0 Å². The summed E-state index contributed by atoms with van der Waals surface area (Å²) in [6.45, 7) is 14.8. The molecule has 0 aliphatic carbocycles. The number of aryl methyl sites for hydroxylation is 2. The zero-order valence-corrected chi connectivity index (χ0v) is 28.4. The van der Waals surface area contributed by atoms with Crippen LogP contribution >= 0.6 is 0 Å². The number of hydrogen-bond donors (Lipinski definition) is 1. The highest BCUT2D eigenvalue weighted by molar-refractivity contribution is 7.92. The molecular weight excluding hydrogens is 600 g/mol. The molecule has 1 atom stereocenters. The van der Waals surface area contributed by atoms with E-state index in [1.807, 2.05) is 32.0 Å². The molecule has 4 aromatic rings. The molecule has 1 aliphatic heterocycles. The molecule has 2 aromatic heterocycles. The van der Waals surface area contributed by atoms with Gasteiger partial charge in [-0.2, -0.15) is 4.98 Å². The molecule has 1 N–H and O–H groups in total. The molecule has 3 heterocycles. The average Bonchev–Trinajstić information content (AvgIpc) is 2.97. The second-order valence-corrected chi connectivity index (χ2v) is 15.3. The molecule has 11 heteroatoms. The molecule has 242 valence electrons. The summed E-state index contributed by atoms with van der Waals surface area (Å²) in [6, 6.07) is 13.2. The molecule has 0 radical (unpaired) electrons. The van der Waals surface area contributed by atoms with E-state index in [9.17, 15) is 13.2 Å². The van der Waals surface area contributed by atoms with Gasteiger partial charge in [0.1, 0.15) is 12.4 Å². The van der Waals surface area contributed by atoms with Crippen molar-refractivity contribution in [2.75, 3.05) is 11.3 Å². The molecule has 1 aliphatic rings. The minimum atomic E-state index is -4.16. The highest BCUT2D eigenvalue weighted by Gasteiger charge is 2.32. The van der Waals surface area contributed by atoms with Crippen LogP contribution in [-0.4, -0.2) is 51.8 Å². The maximum atomic E-state index is 14.3. The SMILES string of the molecule is Cc1cccc(C)c1-c1cc2nc(n1)NS(=O)(=O)c1cccc(c1)C(=O)N(Cc1ncc(CC(C)C)cn1)[C@H](CC(C)(C)C)CO2. The van der Waals surface area contributed by atoms with Crippen LogP contribution in [0.5, 0.6) is 5.88 Å². The van der Waals surface area contributed by atoms with Gasteiger partial charge < -0.3 is 9.64 Å².